The van der Waals surface area contributed by atoms with E-state index < -0.39 is 11.4 Å². The Morgan fingerprint density at radius 1 is 1.31 bits per heavy atom. The van der Waals surface area contributed by atoms with Gasteiger partial charge < -0.3 is 9.97 Å². The van der Waals surface area contributed by atoms with Crippen molar-refractivity contribution in [2.45, 2.75) is 0 Å². The maximum absolute atomic E-state index is 12.7. The molecule has 7 heteroatoms. The Labute approximate surface area is 117 Å². The molecule has 2 N–H and O–H groups in total. The maximum Gasteiger partial charge on any atom is 0.263 e. The van der Waals surface area contributed by atoms with Crippen LogP contribution in [-0.2, 0) is 0 Å². The number of halogens is 1. The van der Waals surface area contributed by atoms with Crippen LogP contribution in [0.5, 0.6) is 0 Å². The molecule has 0 saturated heterocycles. The molecule has 0 aliphatic carbocycles. The van der Waals surface area contributed by atoms with E-state index in [2.05, 4.69) is 15.0 Å². The number of hydrogen-bond acceptors (Lipinski definition) is 2. The molecule has 0 aromatic carbocycles. The van der Waals surface area contributed by atoms with Gasteiger partial charge in [0.1, 0.15) is 11.0 Å². The van der Waals surface area contributed by atoms with Crippen LogP contribution in [0.1, 0.15) is 0 Å². The van der Waals surface area contributed by atoms with Crippen molar-refractivity contribution in [2.75, 3.05) is 0 Å². The minimum Gasteiger partial charge on any atom is -0.343 e. The number of H-pyrrole nitrogens is 2. The molecule has 2 heterocycles. The van der Waals surface area contributed by atoms with Gasteiger partial charge in [-0.05, 0) is 0 Å². The van der Waals surface area contributed by atoms with Crippen LogP contribution in [0.4, 0.5) is 4.39 Å². The van der Waals surface area contributed by atoms with Crippen molar-refractivity contribution in [3.8, 4) is 0 Å². The Kier molecular flexibility index (Phi) is 5.43. The van der Waals surface area contributed by atoms with Crippen LogP contribution in [0.3, 0.4) is 0 Å². The molecule has 2 aromatic heterocycles. The van der Waals surface area contributed by atoms with Crippen molar-refractivity contribution in [2.24, 2.45) is 0 Å². The second kappa shape index (κ2) is 5.29. The summed E-state index contributed by atoms with van der Waals surface area (Å²) in [5.41, 5.74) is -0.194. The van der Waals surface area contributed by atoms with Crippen LogP contribution in [0.2, 0.25) is 0 Å². The number of hydrogen-bond donors (Lipinski definition) is 2. The van der Waals surface area contributed by atoms with E-state index in [0.717, 1.165) is 6.20 Å². The van der Waals surface area contributed by atoms with E-state index in [0.29, 0.717) is 0 Å². The zero-order valence-corrected chi connectivity index (χ0v) is 11.4. The van der Waals surface area contributed by atoms with Gasteiger partial charge in [0.25, 0.3) is 5.56 Å². The second-order valence-corrected chi connectivity index (χ2v) is 2.09. The number of aromatic nitrogens is 3. The van der Waals surface area contributed by atoms with Crippen LogP contribution >= 0.6 is 0 Å². The van der Waals surface area contributed by atoms with Crippen molar-refractivity contribution >= 4 is 70.1 Å². The minimum atomic E-state index is -0.575. The van der Waals surface area contributed by atoms with Gasteiger partial charge in [0.2, 0.25) is 0 Å². The first-order valence-electron chi connectivity index (χ1n) is 2.99. The number of aromatic amines is 2. The molecule has 0 unspecified atom stereocenters. The zero-order valence-electron chi connectivity index (χ0n) is 7.39. The second-order valence-electron chi connectivity index (χ2n) is 2.09. The Morgan fingerprint density at radius 3 is 2.62 bits per heavy atom. The average molecular weight is 199 g/mol. The van der Waals surface area contributed by atoms with Gasteiger partial charge in [0.15, 0.2) is 5.82 Å². The summed E-state index contributed by atoms with van der Waals surface area (Å²) in [4.78, 5) is 19.4. The SMILES string of the molecule is O=c1[nH]cnc2[nH]cc(F)c12.[Na].[Na]. The van der Waals surface area contributed by atoms with E-state index in [1.807, 2.05) is 0 Å². The first kappa shape index (κ1) is 13.4. The Bertz CT molecular complexity index is 452. The third-order valence-corrected chi connectivity index (χ3v) is 1.43. The van der Waals surface area contributed by atoms with Crippen LogP contribution in [0.25, 0.3) is 11.0 Å². The van der Waals surface area contributed by atoms with Crippen LogP contribution in [-0.4, -0.2) is 74.1 Å². The van der Waals surface area contributed by atoms with Crippen molar-refractivity contribution < 1.29 is 4.39 Å². The van der Waals surface area contributed by atoms with Gasteiger partial charge in [-0.1, -0.05) is 0 Å². The molecule has 13 heavy (non-hydrogen) atoms. The fourth-order valence-electron chi connectivity index (χ4n) is 0.935. The number of nitrogens with one attached hydrogen (secondary N) is 2. The summed E-state index contributed by atoms with van der Waals surface area (Å²) in [5.74, 6) is -0.575. The van der Waals surface area contributed by atoms with Gasteiger partial charge in [-0.25, -0.2) is 9.37 Å². The first-order chi connectivity index (χ1) is 5.29. The van der Waals surface area contributed by atoms with E-state index in [4.69, 9.17) is 0 Å². The van der Waals surface area contributed by atoms with E-state index in [-0.39, 0.29) is 70.1 Å². The fraction of sp³-hybridized carbons (Fsp3) is 0. The van der Waals surface area contributed by atoms with Gasteiger partial charge >= 0.3 is 0 Å². The Balaban J connectivity index is 0.000000720. The van der Waals surface area contributed by atoms with Crippen LogP contribution in [0, 0.1) is 5.82 Å². The number of nitrogens with zero attached hydrogens (tertiary/aromatic N) is 1. The molecular formula is C6H4FN3Na2O. The molecule has 0 atom stereocenters. The number of rotatable bonds is 0. The zero-order chi connectivity index (χ0) is 7.84. The molecule has 0 saturated carbocycles. The van der Waals surface area contributed by atoms with E-state index in [9.17, 15) is 9.18 Å². The molecule has 2 radical (unpaired) electrons. The molecule has 0 bridgehead atoms. The standard InChI is InChI=1S/C6H4FN3O.2Na/c7-3-1-8-5-4(3)6(11)10-2-9-5;;/h1-2H,(H2,8,9,10,11);;. The molecule has 0 fully saturated rings. The molecule has 2 aromatic rings. The normalized spacial score (nSPS) is 9.00. The minimum absolute atomic E-state index is 0. The monoisotopic (exact) mass is 199 g/mol. The van der Waals surface area contributed by atoms with Gasteiger partial charge in [0.05, 0.1) is 6.33 Å². The van der Waals surface area contributed by atoms with Crippen molar-refractivity contribution in [3.63, 3.8) is 0 Å². The predicted octanol–water partition coefficient (Wildman–Crippen LogP) is -0.371. The smallest absolute Gasteiger partial charge is 0.263 e. The van der Waals surface area contributed by atoms with E-state index >= 15 is 0 Å². The Hall–Kier alpha value is 0.350. The van der Waals surface area contributed by atoms with Crippen LogP contribution < -0.4 is 5.56 Å². The van der Waals surface area contributed by atoms with E-state index in [1.54, 1.807) is 0 Å². The van der Waals surface area contributed by atoms with Gasteiger partial charge in [0, 0.05) is 65.3 Å². The van der Waals surface area contributed by atoms with Gasteiger partial charge in [-0.2, -0.15) is 0 Å². The third kappa shape index (κ3) is 2.43. The summed E-state index contributed by atoms with van der Waals surface area (Å²) in [6, 6.07) is 0. The first-order valence-corrected chi connectivity index (χ1v) is 2.99. The average Bonchev–Trinajstić information content (AvgIpc) is 2.34. The third-order valence-electron chi connectivity index (χ3n) is 1.43. The summed E-state index contributed by atoms with van der Waals surface area (Å²) in [7, 11) is 0. The number of fused-ring (bicyclic) bond motifs is 1. The molecule has 0 spiro atoms. The van der Waals surface area contributed by atoms with Crippen molar-refractivity contribution in [3.05, 3.63) is 28.7 Å². The molecule has 0 aliphatic rings. The maximum atomic E-state index is 12.7. The summed E-state index contributed by atoms with van der Waals surface area (Å²) < 4.78 is 12.7. The fourth-order valence-corrected chi connectivity index (χ4v) is 0.935. The van der Waals surface area contributed by atoms with Gasteiger partial charge in [-0.3, -0.25) is 4.79 Å². The quantitative estimate of drug-likeness (QED) is 0.568. The summed E-state index contributed by atoms with van der Waals surface area (Å²) in [6.45, 7) is 0. The molecular weight excluding hydrogens is 195 g/mol. The van der Waals surface area contributed by atoms with Crippen molar-refractivity contribution in [1.29, 1.82) is 0 Å². The van der Waals surface area contributed by atoms with Gasteiger partial charge in [-0.15, -0.1) is 0 Å². The van der Waals surface area contributed by atoms with E-state index in [1.165, 1.54) is 6.33 Å². The summed E-state index contributed by atoms with van der Waals surface area (Å²) in [5, 5.41) is -0.0208. The molecule has 0 aliphatic heterocycles. The van der Waals surface area contributed by atoms with Crippen molar-refractivity contribution in [1.82, 2.24) is 15.0 Å². The summed E-state index contributed by atoms with van der Waals surface area (Å²) in [6.07, 6.45) is 2.33. The molecule has 4 nitrogen and oxygen atoms in total. The van der Waals surface area contributed by atoms with Crippen LogP contribution in [0.15, 0.2) is 17.3 Å². The molecule has 0 amide bonds. The Morgan fingerprint density at radius 2 is 2.00 bits per heavy atom. The largest absolute Gasteiger partial charge is 0.343 e. The predicted molar refractivity (Wildman–Crippen MR) is 48.2 cm³/mol. The topological polar surface area (TPSA) is 61.5 Å². The molecule has 58 valence electrons. The summed E-state index contributed by atoms with van der Waals surface area (Å²) >= 11 is 0. The molecule has 2 rings (SSSR count).